The Morgan fingerprint density at radius 2 is 2.36 bits per heavy atom. The summed E-state index contributed by atoms with van der Waals surface area (Å²) in [7, 11) is 0. The van der Waals surface area contributed by atoms with Crippen LogP contribution < -0.4 is 10.6 Å². The molecule has 0 saturated carbocycles. The summed E-state index contributed by atoms with van der Waals surface area (Å²) in [6.07, 6.45) is 1.14. The first-order valence-corrected chi connectivity index (χ1v) is 6.51. The average molecular weight is 214 g/mol. The van der Waals surface area contributed by atoms with Crippen molar-refractivity contribution in [3.63, 3.8) is 0 Å². The Labute approximate surface area is 89.4 Å². The van der Waals surface area contributed by atoms with Crippen molar-refractivity contribution in [2.45, 2.75) is 19.4 Å². The first kappa shape index (κ1) is 10.3. The molecular formula is C10H18N2OS. The highest BCUT2D eigenvalue weighted by Crippen LogP contribution is 2.20. The fourth-order valence-electron chi connectivity index (χ4n) is 2.12. The monoisotopic (exact) mass is 214 g/mol. The van der Waals surface area contributed by atoms with Crippen molar-refractivity contribution in [1.82, 2.24) is 10.6 Å². The van der Waals surface area contributed by atoms with Crippen molar-refractivity contribution in [2.75, 3.05) is 24.6 Å². The van der Waals surface area contributed by atoms with Crippen LogP contribution in [0.25, 0.3) is 0 Å². The zero-order chi connectivity index (χ0) is 9.97. The van der Waals surface area contributed by atoms with Gasteiger partial charge >= 0.3 is 0 Å². The summed E-state index contributed by atoms with van der Waals surface area (Å²) in [4.78, 5) is 11.9. The van der Waals surface area contributed by atoms with E-state index in [0.29, 0.717) is 12.0 Å². The lowest BCUT2D eigenvalue weighted by atomic mass is 9.97. The van der Waals surface area contributed by atoms with E-state index in [9.17, 15) is 4.79 Å². The maximum Gasteiger partial charge on any atom is 0.224 e. The lowest BCUT2D eigenvalue weighted by Gasteiger charge is -2.17. The number of thioether (sulfide) groups is 1. The summed E-state index contributed by atoms with van der Waals surface area (Å²) >= 11 is 1.94. The third-order valence-electron chi connectivity index (χ3n) is 3.13. The van der Waals surface area contributed by atoms with Crippen molar-refractivity contribution in [3.8, 4) is 0 Å². The molecule has 14 heavy (non-hydrogen) atoms. The molecule has 0 aromatic carbocycles. The Balaban J connectivity index is 1.82. The van der Waals surface area contributed by atoms with Gasteiger partial charge in [0.1, 0.15) is 0 Å². The zero-order valence-electron chi connectivity index (χ0n) is 8.58. The lowest BCUT2D eigenvalue weighted by molar-refractivity contribution is -0.125. The average Bonchev–Trinajstić information content (AvgIpc) is 2.75. The number of carbonyl (C=O) groups excluding carboxylic acids is 1. The Morgan fingerprint density at radius 1 is 1.50 bits per heavy atom. The third kappa shape index (κ3) is 2.23. The second-order valence-corrected chi connectivity index (χ2v) is 5.46. The molecule has 2 rings (SSSR count). The number of hydrogen-bond acceptors (Lipinski definition) is 3. The van der Waals surface area contributed by atoms with E-state index in [1.807, 2.05) is 11.8 Å². The molecule has 0 radical (unpaired) electrons. The van der Waals surface area contributed by atoms with Gasteiger partial charge in [-0.15, -0.1) is 0 Å². The summed E-state index contributed by atoms with van der Waals surface area (Å²) in [5.41, 5.74) is 0. The molecule has 3 atom stereocenters. The molecular weight excluding hydrogens is 196 g/mol. The van der Waals surface area contributed by atoms with E-state index in [0.717, 1.165) is 25.3 Å². The smallest absolute Gasteiger partial charge is 0.224 e. The molecule has 0 aromatic rings. The Bertz CT molecular complexity index is 216. The van der Waals surface area contributed by atoms with Gasteiger partial charge in [-0.2, -0.15) is 11.8 Å². The molecule has 2 heterocycles. The molecule has 2 aliphatic heterocycles. The van der Waals surface area contributed by atoms with Gasteiger partial charge in [-0.25, -0.2) is 0 Å². The van der Waals surface area contributed by atoms with Crippen molar-refractivity contribution in [1.29, 1.82) is 0 Å². The van der Waals surface area contributed by atoms with Gasteiger partial charge in [-0.05, 0) is 24.6 Å². The van der Waals surface area contributed by atoms with Crippen LogP contribution in [0.2, 0.25) is 0 Å². The lowest BCUT2D eigenvalue weighted by Crippen LogP contribution is -2.41. The van der Waals surface area contributed by atoms with Crippen molar-refractivity contribution >= 4 is 17.7 Å². The summed E-state index contributed by atoms with van der Waals surface area (Å²) < 4.78 is 0. The van der Waals surface area contributed by atoms with Crippen LogP contribution in [-0.2, 0) is 4.79 Å². The van der Waals surface area contributed by atoms with Crippen LogP contribution in [0.3, 0.4) is 0 Å². The first-order valence-electron chi connectivity index (χ1n) is 5.36. The number of amides is 1. The van der Waals surface area contributed by atoms with Gasteiger partial charge in [0.15, 0.2) is 0 Å². The van der Waals surface area contributed by atoms with E-state index in [1.165, 1.54) is 5.75 Å². The maximum atomic E-state index is 11.9. The molecule has 2 saturated heterocycles. The highest BCUT2D eigenvalue weighted by Gasteiger charge is 2.31. The van der Waals surface area contributed by atoms with Crippen LogP contribution >= 0.6 is 11.8 Å². The predicted molar refractivity (Wildman–Crippen MR) is 59.4 cm³/mol. The van der Waals surface area contributed by atoms with Crippen LogP contribution in [0.4, 0.5) is 0 Å². The molecule has 0 bridgehead atoms. The quantitative estimate of drug-likeness (QED) is 0.702. The molecule has 80 valence electrons. The van der Waals surface area contributed by atoms with Crippen molar-refractivity contribution in [3.05, 3.63) is 0 Å². The number of hydrogen-bond donors (Lipinski definition) is 2. The number of rotatable bonds is 2. The van der Waals surface area contributed by atoms with Crippen molar-refractivity contribution < 1.29 is 4.79 Å². The SMILES string of the molecule is CC1CNCC1C(=O)NC1CCSC1. The van der Waals surface area contributed by atoms with Crippen LogP contribution in [0.5, 0.6) is 0 Å². The second-order valence-electron chi connectivity index (χ2n) is 4.31. The third-order valence-corrected chi connectivity index (χ3v) is 4.29. The normalized spacial score (nSPS) is 37.4. The highest BCUT2D eigenvalue weighted by molar-refractivity contribution is 7.99. The van der Waals surface area contributed by atoms with Gasteiger partial charge in [0, 0.05) is 18.3 Å². The van der Waals surface area contributed by atoms with E-state index in [1.54, 1.807) is 0 Å². The summed E-state index contributed by atoms with van der Waals surface area (Å²) in [5.74, 6) is 3.24. The van der Waals surface area contributed by atoms with Gasteiger partial charge in [0.05, 0.1) is 5.92 Å². The molecule has 0 aromatic heterocycles. The highest BCUT2D eigenvalue weighted by atomic mass is 32.2. The van der Waals surface area contributed by atoms with Crippen LogP contribution in [0, 0.1) is 11.8 Å². The minimum atomic E-state index is 0.195. The van der Waals surface area contributed by atoms with E-state index in [2.05, 4.69) is 17.6 Å². The van der Waals surface area contributed by atoms with E-state index >= 15 is 0 Å². The summed E-state index contributed by atoms with van der Waals surface area (Å²) in [6, 6.07) is 0.431. The van der Waals surface area contributed by atoms with Gasteiger partial charge in [0.2, 0.25) is 5.91 Å². The molecule has 3 nitrogen and oxygen atoms in total. The molecule has 4 heteroatoms. The maximum absolute atomic E-state index is 11.9. The molecule has 3 unspecified atom stereocenters. The minimum absolute atomic E-state index is 0.195. The van der Waals surface area contributed by atoms with Gasteiger partial charge in [-0.3, -0.25) is 4.79 Å². The van der Waals surface area contributed by atoms with E-state index < -0.39 is 0 Å². The molecule has 2 fully saturated rings. The van der Waals surface area contributed by atoms with Gasteiger partial charge < -0.3 is 10.6 Å². The van der Waals surface area contributed by atoms with Gasteiger partial charge in [-0.1, -0.05) is 6.92 Å². The zero-order valence-corrected chi connectivity index (χ0v) is 9.40. The topological polar surface area (TPSA) is 41.1 Å². The Morgan fingerprint density at radius 3 is 2.93 bits per heavy atom. The predicted octanol–water partition coefficient (Wildman–Crippen LogP) is 0.464. The second kappa shape index (κ2) is 4.53. The fourth-order valence-corrected chi connectivity index (χ4v) is 3.27. The molecule has 0 aliphatic carbocycles. The molecule has 2 N–H and O–H groups in total. The largest absolute Gasteiger partial charge is 0.352 e. The summed E-state index contributed by atoms with van der Waals surface area (Å²) in [5, 5.41) is 6.41. The standard InChI is InChI=1S/C10H18N2OS/c1-7-4-11-5-9(7)10(13)12-8-2-3-14-6-8/h7-9,11H,2-6H2,1H3,(H,12,13). The Hall–Kier alpha value is -0.220. The van der Waals surface area contributed by atoms with E-state index in [4.69, 9.17) is 0 Å². The number of nitrogens with one attached hydrogen (secondary N) is 2. The van der Waals surface area contributed by atoms with Crippen molar-refractivity contribution in [2.24, 2.45) is 11.8 Å². The number of carbonyl (C=O) groups is 1. The molecule has 2 aliphatic rings. The molecule has 0 spiro atoms. The van der Waals surface area contributed by atoms with Crippen LogP contribution in [-0.4, -0.2) is 36.5 Å². The minimum Gasteiger partial charge on any atom is -0.352 e. The fraction of sp³-hybridized carbons (Fsp3) is 0.900. The van der Waals surface area contributed by atoms with Gasteiger partial charge in [0.25, 0.3) is 0 Å². The first-order chi connectivity index (χ1) is 6.77. The van der Waals surface area contributed by atoms with Crippen LogP contribution in [0.1, 0.15) is 13.3 Å². The Kier molecular flexibility index (Phi) is 3.34. The summed E-state index contributed by atoms with van der Waals surface area (Å²) in [6.45, 7) is 3.98. The van der Waals surface area contributed by atoms with Crippen LogP contribution in [0.15, 0.2) is 0 Å². The molecule has 1 amide bonds. The van der Waals surface area contributed by atoms with E-state index in [-0.39, 0.29) is 11.8 Å².